The average Bonchev–Trinajstić information content (AvgIpc) is 1.82. The van der Waals surface area contributed by atoms with Crippen molar-refractivity contribution in [1.82, 2.24) is 47.9 Å². The molecule has 0 aromatic heterocycles. The molecule has 8 amide bonds. The maximum Gasteiger partial charge on any atom is 0.304 e. The number of nitrogens with one attached hydrogen (secondary N) is 9. The number of carboxylic acids is 1. The molecule has 35 nitrogen and oxygen atoms in total. The Morgan fingerprint density at radius 2 is 1.25 bits per heavy atom. The molecule has 636 valence electrons. The first-order valence-corrected chi connectivity index (χ1v) is 41.9. The second kappa shape index (κ2) is 58.1. The fourth-order valence-electron chi connectivity index (χ4n) is 11.7. The van der Waals surface area contributed by atoms with Gasteiger partial charge in [-0.3, -0.25) is 72.1 Å². The van der Waals surface area contributed by atoms with E-state index in [1.807, 2.05) is 13.8 Å². The van der Waals surface area contributed by atoms with Crippen molar-refractivity contribution in [2.75, 3.05) is 122 Å². The number of guanidine groups is 1. The summed E-state index contributed by atoms with van der Waals surface area (Å²) < 4.78 is 34.8. The number of aliphatic hydroxyl groups is 1. The van der Waals surface area contributed by atoms with E-state index in [1.54, 1.807) is 37.3 Å². The number of ether oxygens (including phenoxy) is 4. The Morgan fingerprint density at radius 3 is 1.88 bits per heavy atom. The van der Waals surface area contributed by atoms with Crippen LogP contribution in [0, 0.1) is 23.7 Å². The van der Waals surface area contributed by atoms with E-state index < -0.39 is 151 Å². The van der Waals surface area contributed by atoms with Crippen molar-refractivity contribution < 1.29 is 106 Å². The molecule has 1 aromatic rings. The van der Waals surface area contributed by atoms with Crippen molar-refractivity contribution in [3.05, 3.63) is 35.9 Å². The summed E-state index contributed by atoms with van der Waals surface area (Å²) in [6, 6.07) is 3.20. The number of amides is 8. The largest absolute Gasteiger partial charge is 0.481 e. The lowest BCUT2D eigenvalue weighted by molar-refractivity contribution is -0.142. The SMILES string of the molecule is C/C(=N/O)C(C)(C)NCCC(CCNCC(O)[18F])CCNC(=O)CCCC(=O)NCCCC[C@@H]1NC(=O)CSC[C@@H](C(=O)CCCOCCOCCOCCCC(=O)COCC(N)=O)NC(=O)[C@H](Cc2ccccc2)CC(=O)[C@@H]2CSSC[C@H](NC1=O)C(=O)C[C@@H](CCCN=C(N)N)C(=O)NCC(=O)C[C@@H](CC(=O)O)C(=O)N2. The molecular formula is C74H119FN14O21S3. The Bertz CT molecular complexity index is 3230. The number of aliphatic imine (C=N–C) groups is 1. The van der Waals surface area contributed by atoms with Crippen molar-refractivity contribution in [2.24, 2.45) is 51.0 Å². The Kier molecular flexibility index (Phi) is 51.2. The molecule has 2 saturated heterocycles. The van der Waals surface area contributed by atoms with E-state index in [0.29, 0.717) is 56.6 Å². The molecule has 39 heteroatoms. The fourth-order valence-corrected chi connectivity index (χ4v) is 15.0. The van der Waals surface area contributed by atoms with Crippen molar-refractivity contribution in [3.8, 4) is 0 Å². The van der Waals surface area contributed by atoms with Crippen LogP contribution in [-0.2, 0) is 92.5 Å². The summed E-state index contributed by atoms with van der Waals surface area (Å²) >= 11 is 0.955. The van der Waals surface area contributed by atoms with Crippen LogP contribution in [0.1, 0.15) is 148 Å². The first kappa shape index (κ1) is 99.4. The summed E-state index contributed by atoms with van der Waals surface area (Å²) in [5, 5.41) is 57.0. The van der Waals surface area contributed by atoms with Gasteiger partial charge in [-0.15, -0.1) is 11.8 Å². The highest BCUT2D eigenvalue weighted by Crippen LogP contribution is 2.28. The number of primary amides is 1. The topological polar surface area (TPSA) is 548 Å². The van der Waals surface area contributed by atoms with Gasteiger partial charge in [-0.2, -0.15) is 0 Å². The zero-order valence-corrected chi connectivity index (χ0v) is 67.5. The zero-order valence-electron chi connectivity index (χ0n) is 65.1. The van der Waals surface area contributed by atoms with E-state index in [-0.39, 0.29) is 202 Å². The number of ketones is 5. The van der Waals surface area contributed by atoms with Gasteiger partial charge in [-0.25, -0.2) is 4.39 Å². The number of carboxylic acid groups (broad SMARTS) is 1. The summed E-state index contributed by atoms with van der Waals surface area (Å²) in [4.78, 5) is 195. The number of aliphatic hydroxyl groups excluding tert-OH is 1. The van der Waals surface area contributed by atoms with Crippen LogP contribution in [0.15, 0.2) is 40.5 Å². The van der Waals surface area contributed by atoms with Crippen molar-refractivity contribution in [1.29, 1.82) is 0 Å². The number of hydrogen-bond donors (Lipinski definition) is 15. The lowest BCUT2D eigenvalue weighted by Gasteiger charge is -2.27. The van der Waals surface area contributed by atoms with Gasteiger partial charge in [0.05, 0.1) is 87.0 Å². The van der Waals surface area contributed by atoms with E-state index >= 15 is 0 Å². The number of hydrogen-bond acceptors (Lipinski definition) is 27. The number of carbonyl (C=O) groups is 14. The highest BCUT2D eigenvalue weighted by molar-refractivity contribution is 8.76. The number of benzene rings is 1. The maximum atomic E-state index is 14.9. The molecule has 0 aliphatic carbocycles. The number of fused-ring (bicyclic) bond motifs is 5. The number of Topliss-reactive ketones (excluding diaryl/α,β-unsaturated/α-hetero) is 5. The van der Waals surface area contributed by atoms with E-state index in [0.717, 1.165) is 33.3 Å². The van der Waals surface area contributed by atoms with Gasteiger partial charge < -0.3 is 99.4 Å². The van der Waals surface area contributed by atoms with Crippen LogP contribution in [0.2, 0.25) is 0 Å². The van der Waals surface area contributed by atoms with Crippen LogP contribution in [0.25, 0.3) is 0 Å². The normalized spacial score (nSPS) is 20.4. The van der Waals surface area contributed by atoms with E-state index in [2.05, 4.69) is 58.0 Å². The molecule has 0 spiro atoms. The Hall–Kier alpha value is -7.76. The van der Waals surface area contributed by atoms with Gasteiger partial charge in [0.25, 0.3) is 0 Å². The summed E-state index contributed by atoms with van der Waals surface area (Å²) in [6.45, 7) is 6.61. The smallest absolute Gasteiger partial charge is 0.304 e. The Balaban J connectivity index is 1.90. The van der Waals surface area contributed by atoms with Gasteiger partial charge in [0, 0.05) is 107 Å². The monoisotopic (exact) mass is 1650 g/mol. The molecule has 18 N–H and O–H groups in total. The number of unbranched alkanes of at least 4 members (excludes halogenated alkanes) is 1. The molecule has 3 rings (SSSR count). The van der Waals surface area contributed by atoms with Gasteiger partial charge in [0.2, 0.25) is 53.6 Å². The molecule has 9 atom stereocenters. The first-order valence-electron chi connectivity index (χ1n) is 38.3. The van der Waals surface area contributed by atoms with Gasteiger partial charge in [0.15, 0.2) is 34.9 Å². The van der Waals surface area contributed by atoms with Crippen LogP contribution in [0.4, 0.5) is 4.39 Å². The van der Waals surface area contributed by atoms with Crippen LogP contribution in [0.5, 0.6) is 0 Å². The van der Waals surface area contributed by atoms with E-state index in [1.165, 1.54) is 0 Å². The first-order chi connectivity index (χ1) is 54.0. The number of nitrogens with two attached hydrogens (primary N) is 3. The summed E-state index contributed by atoms with van der Waals surface area (Å²) in [7, 11) is 1.98. The quantitative estimate of drug-likeness (QED) is 0.0105. The molecule has 2 unspecified atom stereocenters. The molecular weight excluding hydrogens is 1540 g/mol. The maximum absolute atomic E-state index is 14.9. The van der Waals surface area contributed by atoms with Gasteiger partial charge >= 0.3 is 5.97 Å². The minimum Gasteiger partial charge on any atom is -0.481 e. The standard InChI is InChI=1S/C74H119FN14O21S3/c1-48(89-106)74(2,3)84-28-23-49(21-26-79-41-63(75)95)22-27-81-66(98)20-9-19-65(97)80-24-8-7-17-56-72(105)88-59-46-113-112-45-58(87-71(104)53(39-68(100)101)36-55(91)40-83-69(102)51(37-61(59)93)15-10-25-82-73(77)78)62(94)38-52(35-50-13-5-4-6-14-50)70(103)86-57(44-111-47-67(99)85-56)60(92)18-12-30-108-32-34-109-33-31-107-29-11-16-54(90)42-110-43-64(76)96/h4-6,13-14,49,51-53,56-59,63,79,84,95,106H,7-12,15-47H2,1-3H3,(H2,76,96)(H,80,97)(H,81,98)(H,83,102)(H,85,99)(H,86,103)(H,87,104)(H,88,105)(H,100,101)(H4,77,78,82)/b89-48-/t49?,51-,52-,53+,56+,57+,58+,59+,63?/m1/s1/i75-1. The fraction of sp³-hybridized carbons (Fsp3) is 0.703. The lowest BCUT2D eigenvalue weighted by Crippen LogP contribution is -2.53. The van der Waals surface area contributed by atoms with Crippen LogP contribution in [0.3, 0.4) is 0 Å². The molecule has 1 aromatic carbocycles. The molecule has 0 radical (unpaired) electrons. The average molecular weight is 1660 g/mol. The molecule has 2 aliphatic rings. The summed E-state index contributed by atoms with van der Waals surface area (Å²) in [5.74, 6) is -14.6. The zero-order chi connectivity index (χ0) is 83.4. The number of carbonyl (C=O) groups excluding carboxylic acids is 13. The van der Waals surface area contributed by atoms with Crippen molar-refractivity contribution in [3.63, 3.8) is 0 Å². The van der Waals surface area contributed by atoms with E-state index in [9.17, 15) is 81.8 Å². The molecule has 2 heterocycles. The lowest BCUT2D eigenvalue weighted by atomic mass is 9.90. The number of rotatable bonds is 49. The molecule has 2 fully saturated rings. The minimum absolute atomic E-state index is 0.00164. The third kappa shape index (κ3) is 46.4. The Labute approximate surface area is 671 Å². The third-order valence-electron chi connectivity index (χ3n) is 18.4. The van der Waals surface area contributed by atoms with Crippen LogP contribution >= 0.6 is 33.3 Å². The number of alkyl halides is 1. The second-order valence-corrected chi connectivity index (χ2v) is 31.8. The van der Waals surface area contributed by atoms with Crippen molar-refractivity contribution >= 4 is 127 Å². The number of thioether (sulfide) groups is 1. The molecule has 2 bridgehead atoms. The third-order valence-corrected chi connectivity index (χ3v) is 21.8. The summed E-state index contributed by atoms with van der Waals surface area (Å²) in [6.07, 6.45) is -1.16. The van der Waals surface area contributed by atoms with E-state index in [4.69, 9.17) is 41.3 Å². The predicted molar refractivity (Wildman–Crippen MR) is 424 cm³/mol. The highest BCUT2D eigenvalue weighted by Gasteiger charge is 2.36. The second-order valence-electron chi connectivity index (χ2n) is 28.2. The molecule has 2 aliphatic heterocycles. The predicted octanol–water partition coefficient (Wildman–Crippen LogP) is 0.386. The summed E-state index contributed by atoms with van der Waals surface area (Å²) in [5.41, 5.74) is 16.7. The van der Waals surface area contributed by atoms with Crippen molar-refractivity contribution in [2.45, 2.75) is 185 Å². The molecule has 0 saturated carbocycles. The molecule has 113 heavy (non-hydrogen) atoms. The van der Waals surface area contributed by atoms with Crippen LogP contribution in [-0.4, -0.2) is 267 Å². The van der Waals surface area contributed by atoms with Gasteiger partial charge in [0.1, 0.15) is 19.3 Å². The van der Waals surface area contributed by atoms with Gasteiger partial charge in [-0.05, 0) is 122 Å². The Morgan fingerprint density at radius 1 is 0.646 bits per heavy atom. The number of aliphatic carboxylic acids is 1. The number of halogens is 1. The minimum atomic E-state index is -2.00. The van der Waals surface area contributed by atoms with Crippen LogP contribution < -0.4 is 65.1 Å². The highest BCUT2D eigenvalue weighted by atomic mass is 33.1. The number of nitrogens with zero attached hydrogens (tertiary/aromatic N) is 2. The number of oxime groups is 1. The van der Waals surface area contributed by atoms with Gasteiger partial charge in [-0.1, -0.05) is 57.1 Å².